The smallest absolute Gasteiger partial charge is 0.270 e. The van der Waals surface area contributed by atoms with Crippen LogP contribution in [0.5, 0.6) is 0 Å². The minimum Gasteiger partial charge on any atom is -0.292 e. The molecule has 0 heterocycles. The molecule has 0 fully saturated rings. The summed E-state index contributed by atoms with van der Waals surface area (Å²) in [6, 6.07) is 6.05. The number of hydrogen-bond donors (Lipinski definition) is 1. The highest BCUT2D eigenvalue weighted by Gasteiger charge is 2.03. The number of nitrogens with zero attached hydrogens (tertiary/aromatic N) is 1. The van der Waals surface area contributed by atoms with E-state index in [0.717, 1.165) is 0 Å². The van der Waals surface area contributed by atoms with E-state index in [1.165, 1.54) is 12.1 Å². The van der Waals surface area contributed by atoms with Crippen LogP contribution in [0.4, 0.5) is 5.69 Å². The molecule has 0 atom stereocenters. The van der Waals surface area contributed by atoms with Crippen molar-refractivity contribution >= 4 is 5.69 Å². The van der Waals surface area contributed by atoms with Gasteiger partial charge in [0.05, 0.1) is 4.92 Å². The third-order valence-electron chi connectivity index (χ3n) is 1.45. The third-order valence-corrected chi connectivity index (χ3v) is 1.45. The van der Waals surface area contributed by atoms with Crippen molar-refractivity contribution in [2.75, 3.05) is 6.61 Å². The average molecular weight is 192 g/mol. The standard InChI is InChI=1S/C9H8N2O3/c10-14-6-2-4-8-3-1-5-9(7-8)11(12)13/h1,3,5,7H,6,10H2. The van der Waals surface area contributed by atoms with Gasteiger partial charge < -0.3 is 0 Å². The van der Waals surface area contributed by atoms with Crippen LogP contribution in [0.3, 0.4) is 0 Å². The van der Waals surface area contributed by atoms with Crippen LogP contribution in [-0.2, 0) is 4.84 Å². The quantitative estimate of drug-likeness (QED) is 0.427. The molecule has 1 aromatic carbocycles. The molecule has 0 bridgehead atoms. The molecule has 72 valence electrons. The van der Waals surface area contributed by atoms with Gasteiger partial charge >= 0.3 is 0 Å². The van der Waals surface area contributed by atoms with E-state index in [4.69, 9.17) is 5.90 Å². The van der Waals surface area contributed by atoms with E-state index in [0.29, 0.717) is 5.56 Å². The average Bonchev–Trinajstić information content (AvgIpc) is 2.19. The molecular formula is C9H8N2O3. The Labute approximate surface area is 80.6 Å². The predicted molar refractivity (Wildman–Crippen MR) is 50.1 cm³/mol. The van der Waals surface area contributed by atoms with E-state index in [2.05, 4.69) is 16.7 Å². The first-order chi connectivity index (χ1) is 6.74. The second-order valence-electron chi connectivity index (χ2n) is 2.42. The fourth-order valence-electron chi connectivity index (χ4n) is 0.877. The van der Waals surface area contributed by atoms with Gasteiger partial charge in [0.15, 0.2) is 0 Å². The molecule has 0 aliphatic carbocycles. The second kappa shape index (κ2) is 4.97. The Bertz CT molecular complexity index is 393. The summed E-state index contributed by atoms with van der Waals surface area (Å²) in [4.78, 5) is 14.2. The van der Waals surface area contributed by atoms with Crippen LogP contribution in [0.25, 0.3) is 0 Å². The van der Waals surface area contributed by atoms with Crippen LogP contribution in [-0.4, -0.2) is 11.5 Å². The number of rotatable bonds is 2. The third kappa shape index (κ3) is 2.86. The molecule has 5 heteroatoms. The molecule has 0 saturated heterocycles. The zero-order valence-electron chi connectivity index (χ0n) is 7.27. The maximum absolute atomic E-state index is 10.4. The number of nitro benzene ring substituents is 1. The van der Waals surface area contributed by atoms with Crippen molar-refractivity contribution in [3.63, 3.8) is 0 Å². The van der Waals surface area contributed by atoms with Gasteiger partial charge in [0.1, 0.15) is 6.61 Å². The molecule has 2 N–H and O–H groups in total. The van der Waals surface area contributed by atoms with E-state index < -0.39 is 4.92 Å². The van der Waals surface area contributed by atoms with Crippen LogP contribution < -0.4 is 5.90 Å². The molecule has 0 aromatic heterocycles. The Kier molecular flexibility index (Phi) is 3.61. The van der Waals surface area contributed by atoms with Crippen LogP contribution in [0.15, 0.2) is 24.3 Å². The van der Waals surface area contributed by atoms with Gasteiger partial charge in [0, 0.05) is 17.7 Å². The molecule has 0 amide bonds. The molecular weight excluding hydrogens is 184 g/mol. The molecule has 1 aromatic rings. The molecule has 5 nitrogen and oxygen atoms in total. The fraction of sp³-hybridized carbons (Fsp3) is 0.111. The Hall–Kier alpha value is -1.90. The highest BCUT2D eigenvalue weighted by Crippen LogP contribution is 2.11. The number of nitro groups is 1. The van der Waals surface area contributed by atoms with E-state index in [1.54, 1.807) is 12.1 Å². The highest BCUT2D eigenvalue weighted by atomic mass is 16.6. The van der Waals surface area contributed by atoms with Gasteiger partial charge in [-0.3, -0.25) is 15.0 Å². The van der Waals surface area contributed by atoms with Crippen molar-refractivity contribution in [1.29, 1.82) is 0 Å². The van der Waals surface area contributed by atoms with Crippen LogP contribution >= 0.6 is 0 Å². The van der Waals surface area contributed by atoms with Crippen LogP contribution in [0.2, 0.25) is 0 Å². The zero-order chi connectivity index (χ0) is 10.4. The Balaban J connectivity index is 2.85. The van der Waals surface area contributed by atoms with Crippen LogP contribution in [0.1, 0.15) is 5.56 Å². The minimum absolute atomic E-state index is 0.0190. The van der Waals surface area contributed by atoms with Gasteiger partial charge in [-0.1, -0.05) is 17.9 Å². The predicted octanol–water partition coefficient (Wildman–Crippen LogP) is 0.837. The van der Waals surface area contributed by atoms with Crippen molar-refractivity contribution in [3.05, 3.63) is 39.9 Å². The molecule has 0 aliphatic rings. The lowest BCUT2D eigenvalue weighted by molar-refractivity contribution is -0.384. The highest BCUT2D eigenvalue weighted by molar-refractivity contribution is 5.42. The van der Waals surface area contributed by atoms with Gasteiger partial charge in [0.2, 0.25) is 0 Å². The zero-order valence-corrected chi connectivity index (χ0v) is 7.27. The van der Waals surface area contributed by atoms with E-state index in [-0.39, 0.29) is 12.3 Å². The van der Waals surface area contributed by atoms with E-state index in [9.17, 15) is 10.1 Å². The number of hydrogen-bond acceptors (Lipinski definition) is 4. The largest absolute Gasteiger partial charge is 0.292 e. The van der Waals surface area contributed by atoms with Crippen molar-refractivity contribution in [2.24, 2.45) is 5.90 Å². The summed E-state index contributed by atoms with van der Waals surface area (Å²) in [7, 11) is 0. The van der Waals surface area contributed by atoms with Crippen molar-refractivity contribution in [2.45, 2.75) is 0 Å². The van der Waals surface area contributed by atoms with Gasteiger partial charge in [0.25, 0.3) is 5.69 Å². The summed E-state index contributed by atoms with van der Waals surface area (Å²) in [5, 5.41) is 10.4. The monoisotopic (exact) mass is 192 g/mol. The summed E-state index contributed by atoms with van der Waals surface area (Å²) in [5.41, 5.74) is 0.585. The Morgan fingerprint density at radius 2 is 2.36 bits per heavy atom. The molecule has 0 spiro atoms. The van der Waals surface area contributed by atoms with E-state index in [1.807, 2.05) is 0 Å². The normalized spacial score (nSPS) is 8.93. The molecule has 0 saturated carbocycles. The second-order valence-corrected chi connectivity index (χ2v) is 2.42. The van der Waals surface area contributed by atoms with Crippen molar-refractivity contribution < 1.29 is 9.76 Å². The molecule has 14 heavy (non-hydrogen) atoms. The topological polar surface area (TPSA) is 78.4 Å². The summed E-state index contributed by atoms with van der Waals surface area (Å²) in [6.07, 6.45) is 0. The van der Waals surface area contributed by atoms with Crippen molar-refractivity contribution in [1.82, 2.24) is 0 Å². The first kappa shape index (κ1) is 10.2. The minimum atomic E-state index is -0.468. The van der Waals surface area contributed by atoms with Crippen molar-refractivity contribution in [3.8, 4) is 11.8 Å². The number of non-ortho nitro benzene ring substituents is 1. The first-order valence-electron chi connectivity index (χ1n) is 3.79. The van der Waals surface area contributed by atoms with Gasteiger partial charge in [-0.25, -0.2) is 5.90 Å². The molecule has 0 aliphatic heterocycles. The Morgan fingerprint density at radius 3 is 3.00 bits per heavy atom. The van der Waals surface area contributed by atoms with Crippen LogP contribution in [0, 0.1) is 22.0 Å². The maximum atomic E-state index is 10.4. The molecule has 0 unspecified atom stereocenters. The van der Waals surface area contributed by atoms with Gasteiger partial charge in [-0.2, -0.15) is 0 Å². The summed E-state index contributed by atoms with van der Waals surface area (Å²) in [6.45, 7) is 0.0999. The van der Waals surface area contributed by atoms with Gasteiger partial charge in [-0.15, -0.1) is 0 Å². The number of nitrogens with two attached hydrogens (primary N) is 1. The lowest BCUT2D eigenvalue weighted by atomic mass is 10.2. The molecule has 1 rings (SSSR count). The van der Waals surface area contributed by atoms with Gasteiger partial charge in [-0.05, 0) is 6.07 Å². The maximum Gasteiger partial charge on any atom is 0.270 e. The lowest BCUT2D eigenvalue weighted by Crippen LogP contribution is -1.97. The lowest BCUT2D eigenvalue weighted by Gasteiger charge is -1.91. The number of benzene rings is 1. The summed E-state index contributed by atoms with van der Waals surface area (Å²) >= 11 is 0. The molecule has 0 radical (unpaired) electrons. The summed E-state index contributed by atoms with van der Waals surface area (Å²) < 4.78 is 0. The SMILES string of the molecule is NOCC#Cc1cccc([N+](=O)[O-])c1. The van der Waals surface area contributed by atoms with E-state index >= 15 is 0 Å². The fourth-order valence-corrected chi connectivity index (χ4v) is 0.877. The first-order valence-corrected chi connectivity index (χ1v) is 3.79. The summed E-state index contributed by atoms with van der Waals surface area (Å²) in [5.74, 6) is 10.0. The Morgan fingerprint density at radius 1 is 1.57 bits per heavy atom.